The van der Waals surface area contributed by atoms with Gasteiger partial charge in [0.2, 0.25) is 15.7 Å². The van der Waals surface area contributed by atoms with Crippen molar-refractivity contribution in [1.82, 2.24) is 9.13 Å². The Balaban J connectivity index is 1.88. The summed E-state index contributed by atoms with van der Waals surface area (Å²) >= 11 is 1.45. The zero-order valence-corrected chi connectivity index (χ0v) is 18.9. The summed E-state index contributed by atoms with van der Waals surface area (Å²) < 4.78 is 29.7. The molecule has 0 spiro atoms. The third-order valence-corrected chi connectivity index (χ3v) is 7.87. The van der Waals surface area contributed by atoms with Crippen molar-refractivity contribution in [2.75, 3.05) is 5.32 Å². The fourth-order valence-corrected chi connectivity index (χ4v) is 5.57. The number of thiophene rings is 1. The second-order valence-corrected chi connectivity index (χ2v) is 10.3. The first-order chi connectivity index (χ1) is 14.7. The zero-order valence-electron chi connectivity index (χ0n) is 17.2. The molecule has 0 atom stereocenters. The third kappa shape index (κ3) is 3.82. The highest BCUT2D eigenvalue weighted by Gasteiger charge is 2.25. The minimum Gasteiger partial charge on any atom is -0.325 e. The number of imidazole rings is 1. The number of aromatic nitrogens is 2. The van der Waals surface area contributed by atoms with E-state index in [4.69, 9.17) is 0 Å². The van der Waals surface area contributed by atoms with E-state index in [0.29, 0.717) is 11.0 Å². The van der Waals surface area contributed by atoms with Crippen molar-refractivity contribution in [3.63, 3.8) is 0 Å². The molecule has 7 nitrogen and oxygen atoms in total. The minimum atomic E-state index is -3.94. The van der Waals surface area contributed by atoms with Gasteiger partial charge in [0, 0.05) is 19.0 Å². The number of nitrogens with one attached hydrogen (secondary N) is 1. The van der Waals surface area contributed by atoms with Crippen molar-refractivity contribution >= 4 is 43.8 Å². The predicted molar refractivity (Wildman–Crippen MR) is 121 cm³/mol. The van der Waals surface area contributed by atoms with E-state index in [1.807, 2.05) is 24.4 Å². The predicted octanol–water partition coefficient (Wildman–Crippen LogP) is 3.26. The Hall–Kier alpha value is -3.17. The molecule has 0 aliphatic carbocycles. The van der Waals surface area contributed by atoms with Gasteiger partial charge in [0.05, 0.1) is 32.9 Å². The second kappa shape index (κ2) is 7.82. The van der Waals surface area contributed by atoms with Gasteiger partial charge in [-0.05, 0) is 42.6 Å². The van der Waals surface area contributed by atoms with Crippen molar-refractivity contribution in [3.05, 3.63) is 74.8 Å². The Morgan fingerprint density at radius 3 is 2.29 bits per heavy atom. The van der Waals surface area contributed by atoms with Crippen LogP contribution in [0.3, 0.4) is 0 Å². The van der Waals surface area contributed by atoms with E-state index in [1.165, 1.54) is 38.7 Å². The summed E-state index contributed by atoms with van der Waals surface area (Å²) in [4.78, 5) is 26.0. The van der Waals surface area contributed by atoms with E-state index < -0.39 is 9.84 Å². The summed E-state index contributed by atoms with van der Waals surface area (Å²) in [5.74, 6) is -0.330. The number of carbonyl (C=O) groups excluding carboxylic acids is 1. The van der Waals surface area contributed by atoms with Crippen molar-refractivity contribution in [3.8, 4) is 0 Å². The maximum atomic E-state index is 13.5. The molecule has 2 heterocycles. The largest absolute Gasteiger partial charge is 0.328 e. The highest BCUT2D eigenvalue weighted by Crippen LogP contribution is 2.32. The molecule has 0 saturated carbocycles. The molecule has 31 heavy (non-hydrogen) atoms. The minimum absolute atomic E-state index is 0.0513. The van der Waals surface area contributed by atoms with Crippen LogP contribution in [0, 0.1) is 6.92 Å². The van der Waals surface area contributed by atoms with Crippen molar-refractivity contribution in [2.45, 2.75) is 23.1 Å². The molecule has 0 aliphatic rings. The highest BCUT2D eigenvalue weighted by atomic mass is 32.2. The molecular weight excluding hydrogens is 434 g/mol. The van der Waals surface area contributed by atoms with Crippen LogP contribution in [0.25, 0.3) is 11.0 Å². The van der Waals surface area contributed by atoms with Crippen LogP contribution in [0.4, 0.5) is 5.69 Å². The Morgan fingerprint density at radius 1 is 1.03 bits per heavy atom. The van der Waals surface area contributed by atoms with Crippen LogP contribution in [0.5, 0.6) is 0 Å². The molecule has 0 unspecified atom stereocenters. The van der Waals surface area contributed by atoms with Crippen LogP contribution < -0.4 is 11.0 Å². The third-order valence-electron chi connectivity index (χ3n) is 5.18. The number of hydrogen-bond donors (Lipinski definition) is 1. The number of rotatable bonds is 5. The van der Waals surface area contributed by atoms with Gasteiger partial charge in [0.25, 0.3) is 0 Å². The SMILES string of the molecule is Cc1ccc(S(=O)(=O)c2cc3c(cc2NC(=O)Cc2cccs2)n(C)c(=O)n3C)cc1. The number of carbonyl (C=O) groups is 1. The molecule has 160 valence electrons. The molecule has 1 N–H and O–H groups in total. The van der Waals surface area contributed by atoms with Gasteiger partial charge in [-0.15, -0.1) is 11.3 Å². The topological polar surface area (TPSA) is 90.2 Å². The number of aryl methyl sites for hydroxylation is 3. The summed E-state index contributed by atoms with van der Waals surface area (Å²) in [5.41, 5.74) is 1.80. The summed E-state index contributed by atoms with van der Waals surface area (Å²) in [5, 5.41) is 4.62. The fraction of sp³-hybridized carbons (Fsp3) is 0.182. The highest BCUT2D eigenvalue weighted by molar-refractivity contribution is 7.91. The number of fused-ring (bicyclic) bond motifs is 1. The maximum Gasteiger partial charge on any atom is 0.328 e. The zero-order chi connectivity index (χ0) is 22.3. The Labute approximate surface area is 183 Å². The fourth-order valence-electron chi connectivity index (χ4n) is 3.46. The molecule has 9 heteroatoms. The summed E-state index contributed by atoms with van der Waals surface area (Å²) in [6.45, 7) is 1.87. The maximum absolute atomic E-state index is 13.5. The molecule has 4 rings (SSSR count). The molecule has 2 aromatic heterocycles. The average molecular weight is 456 g/mol. The second-order valence-electron chi connectivity index (χ2n) is 7.36. The van der Waals surface area contributed by atoms with E-state index in [0.717, 1.165) is 10.4 Å². The summed E-state index contributed by atoms with van der Waals surface area (Å²) in [7, 11) is -0.750. The number of nitrogens with zero attached hydrogens (tertiary/aromatic N) is 2. The standard InChI is InChI=1S/C22H21N3O4S2/c1-14-6-8-16(9-7-14)31(28,29)20-13-19-18(24(2)22(27)25(19)3)12-17(20)23-21(26)11-15-5-4-10-30-15/h4-10,12-13H,11H2,1-3H3,(H,23,26). The lowest BCUT2D eigenvalue weighted by Gasteiger charge is -2.13. The van der Waals surface area contributed by atoms with Gasteiger partial charge in [-0.3, -0.25) is 13.9 Å². The number of amides is 1. The van der Waals surface area contributed by atoms with Gasteiger partial charge < -0.3 is 5.32 Å². The Kier molecular flexibility index (Phi) is 5.32. The van der Waals surface area contributed by atoms with Crippen LogP contribution >= 0.6 is 11.3 Å². The lowest BCUT2D eigenvalue weighted by atomic mass is 10.2. The molecule has 0 saturated heterocycles. The van der Waals surface area contributed by atoms with E-state index >= 15 is 0 Å². The van der Waals surface area contributed by atoms with Crippen molar-refractivity contribution < 1.29 is 13.2 Å². The molecule has 2 aromatic carbocycles. The first kappa shape index (κ1) is 21.1. The molecule has 0 fully saturated rings. The van der Waals surface area contributed by atoms with Gasteiger partial charge >= 0.3 is 5.69 Å². The molecule has 4 aromatic rings. The van der Waals surface area contributed by atoms with Gasteiger partial charge in [0.15, 0.2) is 0 Å². The molecule has 1 amide bonds. The van der Waals surface area contributed by atoms with Crippen LogP contribution in [0.2, 0.25) is 0 Å². The quantitative estimate of drug-likeness (QED) is 0.500. The van der Waals surface area contributed by atoms with Crippen LogP contribution in [0.1, 0.15) is 10.4 Å². The smallest absolute Gasteiger partial charge is 0.325 e. The van der Waals surface area contributed by atoms with Crippen molar-refractivity contribution in [1.29, 1.82) is 0 Å². The normalized spacial score (nSPS) is 11.7. The monoisotopic (exact) mass is 455 g/mol. The molecule has 0 aliphatic heterocycles. The number of sulfone groups is 1. The first-order valence-electron chi connectivity index (χ1n) is 9.52. The first-order valence-corrected chi connectivity index (χ1v) is 11.9. The van der Waals surface area contributed by atoms with Gasteiger partial charge in [0.1, 0.15) is 0 Å². The van der Waals surface area contributed by atoms with Crippen LogP contribution in [-0.2, 0) is 35.1 Å². The number of anilines is 1. The van der Waals surface area contributed by atoms with Crippen LogP contribution in [0.15, 0.2) is 68.5 Å². The summed E-state index contributed by atoms with van der Waals surface area (Å²) in [6, 6.07) is 13.2. The average Bonchev–Trinajstić information content (AvgIpc) is 3.31. The lowest BCUT2D eigenvalue weighted by molar-refractivity contribution is -0.115. The number of hydrogen-bond acceptors (Lipinski definition) is 5. The molecular formula is C22H21N3O4S2. The molecule has 0 radical (unpaired) electrons. The van der Waals surface area contributed by atoms with E-state index in [2.05, 4.69) is 5.32 Å². The molecule has 0 bridgehead atoms. The summed E-state index contributed by atoms with van der Waals surface area (Å²) in [6.07, 6.45) is 0.132. The number of benzene rings is 2. The van der Waals surface area contributed by atoms with E-state index in [1.54, 1.807) is 32.3 Å². The Morgan fingerprint density at radius 2 is 1.68 bits per heavy atom. The van der Waals surface area contributed by atoms with Crippen LogP contribution in [-0.4, -0.2) is 23.5 Å². The van der Waals surface area contributed by atoms with Gasteiger partial charge in [-0.25, -0.2) is 13.2 Å². The van der Waals surface area contributed by atoms with Crippen molar-refractivity contribution in [2.24, 2.45) is 14.1 Å². The Bertz CT molecular complexity index is 1450. The van der Waals surface area contributed by atoms with Gasteiger partial charge in [-0.2, -0.15) is 0 Å². The van der Waals surface area contributed by atoms with Gasteiger partial charge in [-0.1, -0.05) is 23.8 Å². The van der Waals surface area contributed by atoms with E-state index in [-0.39, 0.29) is 33.5 Å². The van der Waals surface area contributed by atoms with E-state index in [9.17, 15) is 18.0 Å². The lowest BCUT2D eigenvalue weighted by Crippen LogP contribution is -2.19.